The van der Waals surface area contributed by atoms with E-state index in [1.54, 1.807) is 0 Å². The van der Waals surface area contributed by atoms with Gasteiger partial charge < -0.3 is 0 Å². The van der Waals surface area contributed by atoms with Crippen molar-refractivity contribution in [2.24, 2.45) is 0 Å². The maximum Gasteiger partial charge on any atom is 0.00886 e. The van der Waals surface area contributed by atoms with Crippen LogP contribution < -0.4 is 0 Å². The zero-order valence-corrected chi connectivity index (χ0v) is 20.7. The van der Waals surface area contributed by atoms with Gasteiger partial charge in [0.1, 0.15) is 0 Å². The molecule has 0 aromatic carbocycles. The lowest BCUT2D eigenvalue weighted by molar-refractivity contribution is 0.518. The maximum atomic E-state index is 3.25. The summed E-state index contributed by atoms with van der Waals surface area (Å²) in [5, 5.41) is 0. The van der Waals surface area contributed by atoms with Crippen LogP contribution in [0.4, 0.5) is 0 Å². The molecule has 172 valence electrons. The average molecular weight is 405 g/mol. The third-order valence-corrected chi connectivity index (χ3v) is 6.21. The van der Waals surface area contributed by atoms with Crippen molar-refractivity contribution in [2.75, 3.05) is 0 Å². The summed E-state index contributed by atoms with van der Waals surface area (Å²) in [4.78, 5) is 0. The number of hydrogen-bond donors (Lipinski definition) is 0. The SMILES string of the molecule is CCC#CCCCCCCCCCCCCCCCCCCCCCCCCC. The first-order valence-corrected chi connectivity index (χ1v) is 13.9. The smallest absolute Gasteiger partial charge is 0.00886 e. The minimum absolute atomic E-state index is 1.01. The van der Waals surface area contributed by atoms with Crippen LogP contribution in [0, 0.1) is 11.8 Å². The number of rotatable bonds is 23. The Morgan fingerprint density at radius 3 is 0.862 bits per heavy atom. The van der Waals surface area contributed by atoms with Crippen LogP contribution in [0.2, 0.25) is 0 Å². The van der Waals surface area contributed by atoms with E-state index in [-0.39, 0.29) is 0 Å². The van der Waals surface area contributed by atoms with Gasteiger partial charge in [0.05, 0.1) is 0 Å². The Hall–Kier alpha value is -0.440. The predicted octanol–water partition coefficient (Wildman–Crippen LogP) is 10.8. The zero-order chi connectivity index (χ0) is 21.1. The van der Waals surface area contributed by atoms with Gasteiger partial charge in [0, 0.05) is 12.8 Å². The fraction of sp³-hybridized carbons (Fsp3) is 0.931. The van der Waals surface area contributed by atoms with E-state index in [1.807, 2.05) is 0 Å². The van der Waals surface area contributed by atoms with Crippen LogP contribution in [0.3, 0.4) is 0 Å². The molecule has 0 rings (SSSR count). The van der Waals surface area contributed by atoms with E-state index in [2.05, 4.69) is 25.7 Å². The summed E-state index contributed by atoms with van der Waals surface area (Å²) in [7, 11) is 0. The summed E-state index contributed by atoms with van der Waals surface area (Å²) in [6, 6.07) is 0. The molecule has 0 atom stereocenters. The summed E-state index contributed by atoms with van der Waals surface area (Å²) >= 11 is 0. The van der Waals surface area contributed by atoms with Gasteiger partial charge in [-0.15, -0.1) is 11.8 Å². The predicted molar refractivity (Wildman–Crippen MR) is 135 cm³/mol. The van der Waals surface area contributed by atoms with Gasteiger partial charge in [-0.1, -0.05) is 155 Å². The molecule has 0 aliphatic carbocycles. The van der Waals surface area contributed by atoms with Crippen LogP contribution in [0.25, 0.3) is 0 Å². The molecule has 0 heterocycles. The van der Waals surface area contributed by atoms with Crippen LogP contribution in [0.5, 0.6) is 0 Å². The Kier molecular flexibility index (Phi) is 27.1. The highest BCUT2D eigenvalue weighted by Gasteiger charge is 1.95. The lowest BCUT2D eigenvalue weighted by Gasteiger charge is -2.04. The molecule has 0 aromatic heterocycles. The molecular formula is C29H56. The van der Waals surface area contributed by atoms with Gasteiger partial charge in [0.15, 0.2) is 0 Å². The molecule has 0 unspecified atom stereocenters. The second-order valence-electron chi connectivity index (χ2n) is 9.24. The Balaban J connectivity index is 3.00. The monoisotopic (exact) mass is 404 g/mol. The summed E-state index contributed by atoms with van der Waals surface area (Å²) in [5.74, 6) is 6.41. The molecule has 0 saturated heterocycles. The quantitative estimate of drug-likeness (QED) is 0.117. The van der Waals surface area contributed by atoms with E-state index in [9.17, 15) is 0 Å². The van der Waals surface area contributed by atoms with Crippen molar-refractivity contribution in [2.45, 2.75) is 174 Å². The molecule has 0 spiro atoms. The van der Waals surface area contributed by atoms with Crippen LogP contribution in [-0.2, 0) is 0 Å². The first-order valence-electron chi connectivity index (χ1n) is 13.9. The largest absolute Gasteiger partial charge is 0.104 e. The second-order valence-corrected chi connectivity index (χ2v) is 9.24. The van der Waals surface area contributed by atoms with E-state index in [0.717, 1.165) is 12.8 Å². The van der Waals surface area contributed by atoms with Crippen LogP contribution in [0.15, 0.2) is 0 Å². The molecule has 0 radical (unpaired) electrons. The first kappa shape index (κ1) is 28.6. The Bertz CT molecular complexity index is 332. The Labute approximate surface area is 186 Å². The molecule has 0 heteroatoms. The molecule has 0 amide bonds. The Morgan fingerprint density at radius 1 is 0.310 bits per heavy atom. The normalized spacial score (nSPS) is 10.8. The summed E-state index contributed by atoms with van der Waals surface area (Å²) < 4.78 is 0. The molecule has 0 fully saturated rings. The van der Waals surface area contributed by atoms with Gasteiger partial charge >= 0.3 is 0 Å². The highest BCUT2D eigenvalue weighted by atomic mass is 14.0. The number of unbranched alkanes of at least 4 members (excludes halogenated alkanes) is 23. The third-order valence-electron chi connectivity index (χ3n) is 6.21. The molecule has 0 saturated carbocycles. The third kappa shape index (κ3) is 27.6. The van der Waals surface area contributed by atoms with Crippen molar-refractivity contribution >= 4 is 0 Å². The van der Waals surface area contributed by atoms with Gasteiger partial charge in [-0.25, -0.2) is 0 Å². The lowest BCUT2D eigenvalue weighted by Crippen LogP contribution is -1.84. The van der Waals surface area contributed by atoms with E-state index in [0.29, 0.717) is 0 Å². The van der Waals surface area contributed by atoms with Gasteiger partial charge in [-0.3, -0.25) is 0 Å². The van der Waals surface area contributed by atoms with Crippen molar-refractivity contribution in [1.29, 1.82) is 0 Å². The summed E-state index contributed by atoms with van der Waals surface area (Å²) in [6.07, 6.45) is 35.7. The minimum Gasteiger partial charge on any atom is -0.104 e. The lowest BCUT2D eigenvalue weighted by atomic mass is 10.0. The van der Waals surface area contributed by atoms with Crippen molar-refractivity contribution < 1.29 is 0 Å². The van der Waals surface area contributed by atoms with Gasteiger partial charge in [-0.2, -0.15) is 0 Å². The maximum absolute atomic E-state index is 3.25. The van der Waals surface area contributed by atoms with E-state index >= 15 is 0 Å². The molecule has 0 N–H and O–H groups in total. The first-order chi connectivity index (χ1) is 14.4. The van der Waals surface area contributed by atoms with Crippen LogP contribution in [-0.4, -0.2) is 0 Å². The second kappa shape index (κ2) is 27.6. The zero-order valence-electron chi connectivity index (χ0n) is 20.7. The molecule has 0 aliphatic rings. The fourth-order valence-electron chi connectivity index (χ4n) is 4.21. The Morgan fingerprint density at radius 2 is 0.586 bits per heavy atom. The van der Waals surface area contributed by atoms with E-state index in [4.69, 9.17) is 0 Å². The molecule has 0 bridgehead atoms. The van der Waals surface area contributed by atoms with Gasteiger partial charge in [0.2, 0.25) is 0 Å². The minimum atomic E-state index is 1.01. The molecular weight excluding hydrogens is 348 g/mol. The molecule has 29 heavy (non-hydrogen) atoms. The topological polar surface area (TPSA) is 0 Å². The molecule has 0 aliphatic heterocycles. The highest BCUT2D eigenvalue weighted by Crippen LogP contribution is 2.15. The van der Waals surface area contributed by atoms with Crippen LogP contribution in [0.1, 0.15) is 174 Å². The van der Waals surface area contributed by atoms with Crippen LogP contribution >= 0.6 is 0 Å². The van der Waals surface area contributed by atoms with E-state index in [1.165, 1.54) is 148 Å². The standard InChI is InChI=1S/C29H56/c1-3-5-7-9-11-13-15-17-19-21-23-25-27-29-28-26-24-22-20-18-16-14-12-10-8-6-4-2/h3-5,7,9-29H2,1-2H3. The van der Waals surface area contributed by atoms with E-state index < -0.39 is 0 Å². The molecule has 0 aromatic rings. The average Bonchev–Trinajstić information content (AvgIpc) is 2.74. The van der Waals surface area contributed by atoms with Crippen molar-refractivity contribution in [1.82, 2.24) is 0 Å². The molecule has 0 nitrogen and oxygen atoms in total. The van der Waals surface area contributed by atoms with Gasteiger partial charge in [0.25, 0.3) is 0 Å². The summed E-state index contributed by atoms with van der Waals surface area (Å²) in [6.45, 7) is 4.43. The fourth-order valence-corrected chi connectivity index (χ4v) is 4.21. The van der Waals surface area contributed by atoms with Gasteiger partial charge in [-0.05, 0) is 6.42 Å². The van der Waals surface area contributed by atoms with Crippen molar-refractivity contribution in [3.63, 3.8) is 0 Å². The van der Waals surface area contributed by atoms with Crippen molar-refractivity contribution in [3.8, 4) is 11.8 Å². The van der Waals surface area contributed by atoms with Crippen molar-refractivity contribution in [3.05, 3.63) is 0 Å². The number of hydrogen-bond acceptors (Lipinski definition) is 0. The summed E-state index contributed by atoms with van der Waals surface area (Å²) in [5.41, 5.74) is 0. The highest BCUT2D eigenvalue weighted by molar-refractivity contribution is 4.97.